The van der Waals surface area contributed by atoms with Gasteiger partial charge in [-0.25, -0.2) is 17.6 Å². The van der Waals surface area contributed by atoms with E-state index in [4.69, 9.17) is 0 Å². The van der Waals surface area contributed by atoms with Crippen LogP contribution in [0.1, 0.15) is 0 Å². The Morgan fingerprint density at radius 2 is 1.08 bits per heavy atom. The van der Waals surface area contributed by atoms with E-state index < -0.39 is 41.4 Å². The molecule has 0 bridgehead atoms. The lowest BCUT2D eigenvalue weighted by Gasteiger charge is -2.17. The summed E-state index contributed by atoms with van der Waals surface area (Å²) in [6.07, 6.45) is 0. The predicted octanol–water partition coefficient (Wildman–Crippen LogP) is 6.19. The molecule has 134 valence electrons. The zero-order valence-electron chi connectivity index (χ0n) is 12.0. The molecule has 0 saturated heterocycles. The highest BCUT2D eigenvalue weighted by molar-refractivity contribution is 8.05. The number of fused-ring (bicyclic) bond motifs is 2. The minimum absolute atomic E-state index is 0.491. The maximum atomic E-state index is 13.4. The fourth-order valence-electron chi connectivity index (χ4n) is 1.94. The summed E-state index contributed by atoms with van der Waals surface area (Å²) < 4.78 is 92.4. The molecule has 0 fully saturated rings. The summed E-state index contributed by atoms with van der Waals surface area (Å²) in [6.45, 7) is 3.66. The molecule has 0 spiro atoms. The third kappa shape index (κ3) is 4.72. The molecular formula is C14H7BF8S2. The number of rotatable bonds is 1. The third-order valence-electron chi connectivity index (χ3n) is 2.83. The lowest BCUT2D eigenvalue weighted by molar-refractivity contribution is 0.368. The van der Waals surface area contributed by atoms with E-state index in [0.29, 0.717) is 19.6 Å². The number of hydrogen-bond acceptors (Lipinski definition) is 1. The zero-order chi connectivity index (χ0) is 18.9. The van der Waals surface area contributed by atoms with Gasteiger partial charge in [0.25, 0.3) is 0 Å². The molecule has 2 aromatic carbocycles. The van der Waals surface area contributed by atoms with Crippen LogP contribution in [0.3, 0.4) is 0 Å². The Hall–Kier alpha value is -1.62. The van der Waals surface area contributed by atoms with Gasteiger partial charge in [-0.1, -0.05) is 18.3 Å². The monoisotopic (exact) mass is 402 g/mol. The van der Waals surface area contributed by atoms with Crippen LogP contribution in [0.15, 0.2) is 55.8 Å². The number of halogens is 8. The lowest BCUT2D eigenvalue weighted by Crippen LogP contribution is -2.10. The van der Waals surface area contributed by atoms with Gasteiger partial charge in [-0.15, -0.1) is 0 Å². The Morgan fingerprint density at radius 3 is 1.40 bits per heavy atom. The van der Waals surface area contributed by atoms with Crippen molar-refractivity contribution < 1.29 is 34.8 Å². The van der Waals surface area contributed by atoms with Gasteiger partial charge < -0.3 is 17.3 Å². The van der Waals surface area contributed by atoms with Crippen LogP contribution in [0.25, 0.3) is 0 Å². The van der Waals surface area contributed by atoms with Gasteiger partial charge >= 0.3 is 7.25 Å². The van der Waals surface area contributed by atoms with Crippen LogP contribution in [0.4, 0.5) is 34.8 Å². The molecule has 25 heavy (non-hydrogen) atoms. The molecule has 0 saturated carbocycles. The molecule has 0 radical (unpaired) electrons. The van der Waals surface area contributed by atoms with Crippen molar-refractivity contribution in [1.29, 1.82) is 0 Å². The molecule has 1 aliphatic heterocycles. The summed E-state index contributed by atoms with van der Waals surface area (Å²) in [4.78, 5) is 2.04. The van der Waals surface area contributed by atoms with E-state index in [9.17, 15) is 34.8 Å². The molecule has 2 aromatic rings. The summed E-state index contributed by atoms with van der Waals surface area (Å²) >= 11 is 1.09. The SMILES string of the molecule is C=C[S+]1c2cc(F)c(F)cc2Sc2cc(F)c(F)cc21.F[B-](F)(F)F. The Morgan fingerprint density at radius 1 is 0.760 bits per heavy atom. The van der Waals surface area contributed by atoms with Gasteiger partial charge in [0, 0.05) is 12.1 Å². The first kappa shape index (κ1) is 19.7. The van der Waals surface area contributed by atoms with Gasteiger partial charge in [0.15, 0.2) is 33.1 Å². The van der Waals surface area contributed by atoms with E-state index in [0.717, 1.165) is 36.0 Å². The summed E-state index contributed by atoms with van der Waals surface area (Å²) in [5.41, 5.74) is 0. The normalized spacial score (nSPS) is 13.4. The molecule has 1 aliphatic rings. The van der Waals surface area contributed by atoms with Crippen molar-refractivity contribution in [2.24, 2.45) is 0 Å². The smallest absolute Gasteiger partial charge is 0.418 e. The first-order valence-corrected chi connectivity index (χ1v) is 8.50. The second-order valence-corrected chi connectivity index (χ2v) is 7.50. The van der Waals surface area contributed by atoms with Gasteiger partial charge in [0.1, 0.15) is 5.41 Å². The van der Waals surface area contributed by atoms with Crippen LogP contribution >= 0.6 is 11.8 Å². The summed E-state index contributed by atoms with van der Waals surface area (Å²) in [5.74, 6) is -3.85. The van der Waals surface area contributed by atoms with E-state index in [2.05, 4.69) is 6.58 Å². The molecule has 11 heteroatoms. The minimum Gasteiger partial charge on any atom is -0.418 e. The highest BCUT2D eigenvalue weighted by Gasteiger charge is 2.36. The minimum atomic E-state index is -6.00. The van der Waals surface area contributed by atoms with Gasteiger partial charge in [-0.05, 0) is 12.1 Å². The van der Waals surface area contributed by atoms with Crippen LogP contribution in [-0.4, -0.2) is 7.25 Å². The molecule has 0 unspecified atom stereocenters. The molecule has 0 aromatic heterocycles. The van der Waals surface area contributed by atoms with Gasteiger partial charge in [0.2, 0.25) is 0 Å². The van der Waals surface area contributed by atoms with Crippen molar-refractivity contribution in [2.75, 3.05) is 0 Å². The van der Waals surface area contributed by atoms with Gasteiger partial charge in [-0.2, -0.15) is 0 Å². The molecule has 1 heterocycles. The Labute approximate surface area is 144 Å². The topological polar surface area (TPSA) is 0 Å². The summed E-state index contributed by atoms with van der Waals surface area (Å²) in [7, 11) is -6.81. The van der Waals surface area contributed by atoms with E-state index in [1.165, 1.54) is 5.41 Å². The van der Waals surface area contributed by atoms with Crippen molar-refractivity contribution in [1.82, 2.24) is 0 Å². The number of hydrogen-bond donors (Lipinski definition) is 0. The fraction of sp³-hybridized carbons (Fsp3) is 0. The van der Waals surface area contributed by atoms with Crippen LogP contribution in [0.2, 0.25) is 0 Å². The van der Waals surface area contributed by atoms with Gasteiger partial charge in [0.05, 0.1) is 20.7 Å². The van der Waals surface area contributed by atoms with Crippen LogP contribution in [-0.2, 0) is 10.9 Å². The highest BCUT2D eigenvalue weighted by atomic mass is 32.2. The van der Waals surface area contributed by atoms with Crippen molar-refractivity contribution in [3.05, 3.63) is 59.5 Å². The predicted molar refractivity (Wildman–Crippen MR) is 81.1 cm³/mol. The fourth-order valence-corrected chi connectivity index (χ4v) is 5.22. The van der Waals surface area contributed by atoms with E-state index in [-0.39, 0.29) is 0 Å². The van der Waals surface area contributed by atoms with Crippen molar-refractivity contribution in [2.45, 2.75) is 19.6 Å². The average molecular weight is 402 g/mol. The molecular weight excluding hydrogens is 395 g/mol. The molecule has 0 amide bonds. The van der Waals surface area contributed by atoms with E-state index in [1.807, 2.05) is 0 Å². The maximum absolute atomic E-state index is 13.4. The van der Waals surface area contributed by atoms with Crippen molar-refractivity contribution >= 4 is 29.9 Å². The second-order valence-electron chi connectivity index (χ2n) is 4.53. The Balaban J connectivity index is 0.000000399. The third-order valence-corrected chi connectivity index (χ3v) is 6.16. The quantitative estimate of drug-likeness (QED) is 0.312. The van der Waals surface area contributed by atoms with E-state index in [1.54, 1.807) is 0 Å². The van der Waals surface area contributed by atoms with Gasteiger partial charge in [-0.3, -0.25) is 0 Å². The Kier molecular flexibility index (Phi) is 5.77. The first-order valence-electron chi connectivity index (χ1n) is 6.40. The Bertz CT molecular complexity index is 758. The number of benzene rings is 2. The van der Waals surface area contributed by atoms with E-state index >= 15 is 0 Å². The maximum Gasteiger partial charge on any atom is 0.673 e. The summed E-state index contributed by atoms with van der Waals surface area (Å²) in [6, 6.07) is 4.32. The standard InChI is InChI=1S/C14H7F4S2.BF4/c1-2-20-13-5-9(17)7(15)3-11(13)19-12-4-8(16)10(18)6-14(12)20;2-1(3,4)5/h2-6H,1H2;/q+1;-1. The van der Waals surface area contributed by atoms with Crippen molar-refractivity contribution in [3.63, 3.8) is 0 Å². The molecule has 0 N–H and O–H groups in total. The highest BCUT2D eigenvalue weighted by Crippen LogP contribution is 2.47. The first-order chi connectivity index (χ1) is 11.5. The molecule has 0 nitrogen and oxygen atoms in total. The van der Waals surface area contributed by atoms with Crippen molar-refractivity contribution in [3.8, 4) is 0 Å². The van der Waals surface area contributed by atoms with Crippen LogP contribution in [0, 0.1) is 23.3 Å². The largest absolute Gasteiger partial charge is 0.673 e. The lowest BCUT2D eigenvalue weighted by atomic mass is 10.3. The average Bonchev–Trinajstić information content (AvgIpc) is 2.47. The van der Waals surface area contributed by atoms with Crippen LogP contribution < -0.4 is 0 Å². The summed E-state index contributed by atoms with van der Waals surface area (Å²) in [5, 5.41) is 1.53. The van der Waals surface area contributed by atoms with Crippen LogP contribution in [0.5, 0.6) is 0 Å². The second kappa shape index (κ2) is 7.32. The molecule has 3 rings (SSSR count). The zero-order valence-corrected chi connectivity index (χ0v) is 13.6. The molecule has 0 aliphatic carbocycles. The molecule has 0 atom stereocenters.